The standard InChI is InChI=1S/C18H32O3.C6H12O5/c1-2-3-4-5-6-7-8-9-10-11-12-13-14-15-16-17-18(19)21-20;1-2-3(7)4(8)5(9)6(10)11-2/h6-7,9-10,20H,2-5,8,11-17H2,1H3;2-10H,1H3/b7-6-,10-9-;/t;2-,3-,4+,5+,6?/m.0/s1. The predicted molar refractivity (Wildman–Crippen MR) is 123 cm³/mol. The van der Waals surface area contributed by atoms with Gasteiger partial charge in [-0.05, 0) is 45.4 Å². The molecule has 8 nitrogen and oxygen atoms in total. The molecule has 1 rings (SSSR count). The van der Waals surface area contributed by atoms with Crippen molar-refractivity contribution in [2.75, 3.05) is 0 Å². The number of rotatable bonds is 14. The van der Waals surface area contributed by atoms with Gasteiger partial charge < -0.3 is 30.1 Å². The van der Waals surface area contributed by atoms with Crippen LogP contribution in [-0.2, 0) is 14.4 Å². The number of aliphatic hydroxyl groups is 4. The summed E-state index contributed by atoms with van der Waals surface area (Å²) in [5.74, 6) is -0.527. The minimum absolute atomic E-state index is 0.320. The van der Waals surface area contributed by atoms with Crippen LogP contribution in [0, 0.1) is 0 Å². The van der Waals surface area contributed by atoms with Gasteiger partial charge in [0.15, 0.2) is 6.29 Å². The monoisotopic (exact) mass is 460 g/mol. The first-order valence-corrected chi connectivity index (χ1v) is 11.9. The molecule has 0 aromatic rings. The molecule has 0 aromatic carbocycles. The Kier molecular flexibility index (Phi) is 19.5. The Bertz CT molecular complexity index is 494. The van der Waals surface area contributed by atoms with Crippen molar-refractivity contribution in [3.8, 4) is 0 Å². The molecule has 1 saturated heterocycles. The Morgan fingerprint density at radius 2 is 1.38 bits per heavy atom. The van der Waals surface area contributed by atoms with E-state index in [1.165, 1.54) is 45.4 Å². The van der Waals surface area contributed by atoms with Crippen LogP contribution >= 0.6 is 0 Å². The van der Waals surface area contributed by atoms with Gasteiger partial charge in [-0.25, -0.2) is 4.79 Å². The molecule has 1 unspecified atom stereocenters. The first kappa shape index (κ1) is 30.7. The molecule has 1 heterocycles. The first-order chi connectivity index (χ1) is 15.3. The number of allylic oxidation sites excluding steroid dienone is 4. The predicted octanol–water partition coefficient (Wildman–Crippen LogP) is 3.62. The van der Waals surface area contributed by atoms with Crippen LogP contribution in [0.5, 0.6) is 0 Å². The van der Waals surface area contributed by atoms with Gasteiger partial charge in [-0.15, -0.1) is 0 Å². The van der Waals surface area contributed by atoms with Crippen LogP contribution in [0.3, 0.4) is 0 Å². The van der Waals surface area contributed by atoms with E-state index < -0.39 is 36.7 Å². The molecule has 5 N–H and O–H groups in total. The van der Waals surface area contributed by atoms with Crippen molar-refractivity contribution in [3.63, 3.8) is 0 Å². The number of carbonyl (C=O) groups excluding carboxylic acids is 1. The van der Waals surface area contributed by atoms with Crippen molar-refractivity contribution < 1.29 is 40.1 Å². The summed E-state index contributed by atoms with van der Waals surface area (Å²) in [6.07, 6.45) is 16.1. The summed E-state index contributed by atoms with van der Waals surface area (Å²) >= 11 is 0. The van der Waals surface area contributed by atoms with Gasteiger partial charge in [0, 0.05) is 6.42 Å². The fourth-order valence-corrected chi connectivity index (χ4v) is 3.16. The van der Waals surface area contributed by atoms with Crippen molar-refractivity contribution in [3.05, 3.63) is 24.3 Å². The van der Waals surface area contributed by atoms with Crippen molar-refractivity contribution in [1.82, 2.24) is 0 Å². The lowest BCUT2D eigenvalue weighted by molar-refractivity contribution is -0.277. The Hall–Kier alpha value is -1.29. The van der Waals surface area contributed by atoms with Gasteiger partial charge in [-0.1, -0.05) is 63.3 Å². The molecule has 188 valence electrons. The third-order valence-corrected chi connectivity index (χ3v) is 5.26. The highest BCUT2D eigenvalue weighted by atomic mass is 17.1. The molecule has 8 heteroatoms. The molecule has 1 fully saturated rings. The zero-order chi connectivity index (χ0) is 24.2. The third-order valence-electron chi connectivity index (χ3n) is 5.26. The van der Waals surface area contributed by atoms with Gasteiger partial charge in [0.25, 0.3) is 0 Å². The molecule has 0 radical (unpaired) electrons. The van der Waals surface area contributed by atoms with Gasteiger partial charge >= 0.3 is 5.97 Å². The third kappa shape index (κ3) is 15.5. The van der Waals surface area contributed by atoms with Crippen LogP contribution in [-0.4, -0.2) is 62.4 Å². The second-order valence-corrected chi connectivity index (χ2v) is 8.15. The summed E-state index contributed by atoms with van der Waals surface area (Å²) in [5, 5.41) is 44.1. The van der Waals surface area contributed by atoms with Crippen molar-refractivity contribution in [2.24, 2.45) is 0 Å². The van der Waals surface area contributed by atoms with E-state index >= 15 is 0 Å². The zero-order valence-corrected chi connectivity index (χ0v) is 19.6. The van der Waals surface area contributed by atoms with Crippen LogP contribution in [0.1, 0.15) is 90.9 Å². The molecule has 0 saturated carbocycles. The van der Waals surface area contributed by atoms with Gasteiger partial charge in [-0.3, -0.25) is 0 Å². The van der Waals surface area contributed by atoms with Crippen LogP contribution in [0.25, 0.3) is 0 Å². The van der Waals surface area contributed by atoms with Crippen LogP contribution in [0.4, 0.5) is 0 Å². The second-order valence-electron chi connectivity index (χ2n) is 8.15. The summed E-state index contributed by atoms with van der Waals surface area (Å²) in [5.41, 5.74) is 0. The summed E-state index contributed by atoms with van der Waals surface area (Å²) in [6.45, 7) is 3.73. The van der Waals surface area contributed by atoms with E-state index in [0.29, 0.717) is 6.42 Å². The zero-order valence-electron chi connectivity index (χ0n) is 19.6. The molecule has 1 aliphatic heterocycles. The molecule has 0 aliphatic carbocycles. The fourth-order valence-electron chi connectivity index (χ4n) is 3.16. The first-order valence-electron chi connectivity index (χ1n) is 11.9. The number of carbonyl (C=O) groups is 1. The van der Waals surface area contributed by atoms with E-state index in [-0.39, 0.29) is 0 Å². The van der Waals surface area contributed by atoms with E-state index in [1.807, 2.05) is 0 Å². The highest BCUT2D eigenvalue weighted by molar-refractivity contribution is 5.68. The number of unbranched alkanes of at least 4 members (excludes halogenated alkanes) is 8. The summed E-state index contributed by atoms with van der Waals surface area (Å²) in [7, 11) is 0. The van der Waals surface area contributed by atoms with Crippen LogP contribution in [0.15, 0.2) is 24.3 Å². The molecule has 5 atom stereocenters. The van der Waals surface area contributed by atoms with Crippen LogP contribution < -0.4 is 0 Å². The van der Waals surface area contributed by atoms with E-state index in [2.05, 4.69) is 40.9 Å². The van der Waals surface area contributed by atoms with E-state index in [1.54, 1.807) is 0 Å². The molecule has 0 amide bonds. The molecule has 32 heavy (non-hydrogen) atoms. The highest BCUT2D eigenvalue weighted by Crippen LogP contribution is 2.18. The Morgan fingerprint density at radius 1 is 0.812 bits per heavy atom. The number of ether oxygens (including phenoxy) is 1. The Balaban J connectivity index is 0.000000726. The van der Waals surface area contributed by atoms with Crippen molar-refractivity contribution >= 4 is 5.97 Å². The fraction of sp³-hybridized carbons (Fsp3) is 0.792. The maximum Gasteiger partial charge on any atom is 0.342 e. The lowest BCUT2D eigenvalue weighted by atomic mass is 10.0. The molecule has 0 bridgehead atoms. The topological polar surface area (TPSA) is 137 Å². The lowest BCUT2D eigenvalue weighted by Gasteiger charge is -2.36. The number of hydrogen-bond donors (Lipinski definition) is 5. The Labute approximate surface area is 192 Å². The van der Waals surface area contributed by atoms with E-state index in [9.17, 15) is 4.79 Å². The molecular formula is C24H44O8. The molecule has 0 spiro atoms. The summed E-state index contributed by atoms with van der Waals surface area (Å²) in [6, 6.07) is 0. The van der Waals surface area contributed by atoms with E-state index in [4.69, 9.17) is 25.7 Å². The van der Waals surface area contributed by atoms with Crippen molar-refractivity contribution in [1.29, 1.82) is 0 Å². The van der Waals surface area contributed by atoms with Gasteiger partial charge in [0.05, 0.1) is 6.10 Å². The largest absolute Gasteiger partial charge is 0.388 e. The van der Waals surface area contributed by atoms with E-state index in [0.717, 1.165) is 32.1 Å². The SMILES string of the molecule is CCCCC/C=C\C/C=C\CCCCCCCC(=O)OO.C[C@@H]1OC(O)[C@H](O)[C@H](O)[C@H]1O. The summed E-state index contributed by atoms with van der Waals surface area (Å²) in [4.78, 5) is 14.3. The normalized spacial score (nSPS) is 25.7. The molecule has 0 aromatic heterocycles. The maximum absolute atomic E-state index is 10.7. The van der Waals surface area contributed by atoms with Gasteiger partial charge in [0.2, 0.25) is 0 Å². The average Bonchev–Trinajstić information content (AvgIpc) is 2.79. The van der Waals surface area contributed by atoms with Crippen LogP contribution in [0.2, 0.25) is 0 Å². The minimum atomic E-state index is -1.43. The molecule has 1 aliphatic rings. The van der Waals surface area contributed by atoms with Gasteiger partial charge in [-0.2, -0.15) is 5.26 Å². The quantitative estimate of drug-likeness (QED) is 0.115. The van der Waals surface area contributed by atoms with Crippen molar-refractivity contribution in [2.45, 2.75) is 122 Å². The number of aliphatic hydroxyl groups excluding tert-OH is 4. The smallest absolute Gasteiger partial charge is 0.342 e. The van der Waals surface area contributed by atoms with Gasteiger partial charge in [0.1, 0.15) is 18.3 Å². The minimum Gasteiger partial charge on any atom is -0.388 e. The average molecular weight is 461 g/mol. The lowest BCUT2D eigenvalue weighted by Crippen LogP contribution is -2.56. The second kappa shape index (κ2) is 20.3. The highest BCUT2D eigenvalue weighted by Gasteiger charge is 2.40. The maximum atomic E-state index is 10.7. The Morgan fingerprint density at radius 3 is 1.97 bits per heavy atom. The summed E-state index contributed by atoms with van der Waals surface area (Å²) < 4.78 is 4.68. The number of hydrogen-bond acceptors (Lipinski definition) is 8. The molecular weight excluding hydrogens is 416 g/mol.